The van der Waals surface area contributed by atoms with Crippen LogP contribution in [0.3, 0.4) is 0 Å². The third-order valence-electron chi connectivity index (χ3n) is 5.69. The zero-order chi connectivity index (χ0) is 22.4. The maximum atomic E-state index is 13.3. The lowest BCUT2D eigenvalue weighted by Crippen LogP contribution is -2.41. The summed E-state index contributed by atoms with van der Waals surface area (Å²) in [6, 6.07) is 7.07. The van der Waals surface area contributed by atoms with Crippen LogP contribution in [0, 0.1) is 5.92 Å². The second kappa shape index (κ2) is 12.9. The molecule has 33 heavy (non-hydrogen) atoms. The Balaban J connectivity index is 0.00000272. The third kappa shape index (κ3) is 7.95. The van der Waals surface area contributed by atoms with E-state index in [0.717, 1.165) is 37.1 Å². The van der Waals surface area contributed by atoms with Crippen LogP contribution >= 0.6 is 24.8 Å². The topological polar surface area (TPSA) is 86.7 Å². The number of phenolic OH excluding ortho intramolecular Hbond substituents is 1. The summed E-state index contributed by atoms with van der Waals surface area (Å²) < 4.78 is 5.41. The van der Waals surface area contributed by atoms with E-state index >= 15 is 0 Å². The molecule has 1 aromatic heterocycles. The van der Waals surface area contributed by atoms with Crippen molar-refractivity contribution in [2.45, 2.75) is 45.6 Å². The van der Waals surface area contributed by atoms with E-state index in [1.54, 1.807) is 25.6 Å². The van der Waals surface area contributed by atoms with Gasteiger partial charge in [0.1, 0.15) is 11.5 Å². The number of aromatic hydroxyl groups is 1. The molecular weight excluding hydrogens is 463 g/mol. The molecule has 3 rings (SSSR count). The van der Waals surface area contributed by atoms with E-state index in [2.05, 4.69) is 15.6 Å². The predicted molar refractivity (Wildman–Crippen MR) is 137 cm³/mol. The van der Waals surface area contributed by atoms with Crippen LogP contribution in [-0.4, -0.2) is 47.8 Å². The number of halogens is 2. The summed E-state index contributed by atoms with van der Waals surface area (Å²) in [5.74, 6) is 1.10. The molecule has 0 saturated carbocycles. The van der Waals surface area contributed by atoms with Gasteiger partial charge in [0.05, 0.1) is 12.8 Å². The summed E-state index contributed by atoms with van der Waals surface area (Å²) >= 11 is 0. The van der Waals surface area contributed by atoms with Crippen LogP contribution in [0.2, 0.25) is 0 Å². The van der Waals surface area contributed by atoms with Gasteiger partial charge in [0.25, 0.3) is 0 Å². The number of carbonyl (C=O) groups is 1. The minimum atomic E-state index is -0.303. The van der Waals surface area contributed by atoms with E-state index in [1.807, 2.05) is 43.9 Å². The van der Waals surface area contributed by atoms with E-state index in [4.69, 9.17) is 4.74 Å². The molecule has 1 aliphatic rings. The van der Waals surface area contributed by atoms with Crippen molar-refractivity contribution < 1.29 is 14.6 Å². The molecule has 184 valence electrons. The Labute approximate surface area is 209 Å². The van der Waals surface area contributed by atoms with Gasteiger partial charge in [-0.1, -0.05) is 26.8 Å². The summed E-state index contributed by atoms with van der Waals surface area (Å²) in [5.41, 5.74) is 1.75. The minimum Gasteiger partial charge on any atom is -0.505 e. The number of amides is 2. The van der Waals surface area contributed by atoms with Crippen LogP contribution < -0.4 is 15.4 Å². The van der Waals surface area contributed by atoms with Crippen LogP contribution in [0.4, 0.5) is 10.5 Å². The summed E-state index contributed by atoms with van der Waals surface area (Å²) in [5, 5.41) is 17.2. The number of pyridine rings is 1. The monoisotopic (exact) mass is 498 g/mol. The first kappa shape index (κ1) is 28.8. The van der Waals surface area contributed by atoms with E-state index in [-0.39, 0.29) is 42.0 Å². The number of rotatable bonds is 6. The van der Waals surface area contributed by atoms with Crippen LogP contribution in [0.25, 0.3) is 0 Å². The molecule has 3 N–H and O–H groups in total. The van der Waals surface area contributed by atoms with Gasteiger partial charge in [-0.3, -0.25) is 4.98 Å². The highest BCUT2D eigenvalue weighted by Gasteiger charge is 2.25. The normalized spacial score (nSPS) is 13.9. The van der Waals surface area contributed by atoms with E-state index < -0.39 is 0 Å². The van der Waals surface area contributed by atoms with Gasteiger partial charge in [-0.05, 0) is 55.0 Å². The highest BCUT2D eigenvalue weighted by molar-refractivity contribution is 5.91. The zero-order valence-corrected chi connectivity index (χ0v) is 21.4. The number of methoxy groups -OCH3 is 1. The standard InChI is InChI=1S/C24H34N4O3.2ClH/c1-24(2,3)20-12-19(31-4)13-21(22(20)29)27-23(30)28(15-17-7-10-25-11-8-17)16-18-6-5-9-26-14-18;;/h5-6,9,12-14,17,25,29H,7-8,10-11,15-16H2,1-4H3,(H,27,30);2*1H. The average Bonchev–Trinajstić information content (AvgIpc) is 2.75. The number of anilines is 1. The number of phenols is 1. The molecule has 0 radical (unpaired) electrons. The van der Waals surface area contributed by atoms with Gasteiger partial charge in [0.15, 0.2) is 0 Å². The number of ether oxygens (including phenoxy) is 1. The maximum Gasteiger partial charge on any atom is 0.322 e. The first-order chi connectivity index (χ1) is 14.8. The Bertz CT molecular complexity index is 885. The summed E-state index contributed by atoms with van der Waals surface area (Å²) in [6.07, 6.45) is 5.58. The minimum absolute atomic E-state index is 0. The second-order valence-corrected chi connectivity index (χ2v) is 9.19. The Morgan fingerprint density at radius 3 is 2.55 bits per heavy atom. The van der Waals surface area contributed by atoms with Crippen molar-refractivity contribution in [1.29, 1.82) is 0 Å². The van der Waals surface area contributed by atoms with Crippen LogP contribution in [0.1, 0.15) is 44.7 Å². The van der Waals surface area contributed by atoms with Gasteiger partial charge in [0, 0.05) is 37.1 Å². The van der Waals surface area contributed by atoms with Crippen molar-refractivity contribution in [3.63, 3.8) is 0 Å². The number of nitrogens with zero attached hydrogens (tertiary/aromatic N) is 2. The lowest BCUT2D eigenvalue weighted by atomic mass is 9.85. The van der Waals surface area contributed by atoms with E-state index in [1.165, 1.54) is 0 Å². The molecule has 2 heterocycles. The SMILES string of the molecule is COc1cc(NC(=O)N(Cc2cccnc2)CC2CCNCC2)c(O)c(C(C)(C)C)c1.Cl.Cl. The van der Waals surface area contributed by atoms with Gasteiger partial charge in [-0.25, -0.2) is 4.79 Å². The third-order valence-corrected chi connectivity index (χ3v) is 5.69. The fourth-order valence-electron chi connectivity index (χ4n) is 3.89. The number of hydrogen-bond donors (Lipinski definition) is 3. The Morgan fingerprint density at radius 1 is 1.27 bits per heavy atom. The number of aromatic nitrogens is 1. The van der Waals surface area contributed by atoms with Crippen LogP contribution in [-0.2, 0) is 12.0 Å². The molecule has 0 atom stereocenters. The molecule has 7 nitrogen and oxygen atoms in total. The first-order valence-electron chi connectivity index (χ1n) is 10.8. The summed E-state index contributed by atoms with van der Waals surface area (Å²) in [7, 11) is 1.58. The lowest BCUT2D eigenvalue weighted by molar-refractivity contribution is 0.189. The zero-order valence-electron chi connectivity index (χ0n) is 19.8. The molecule has 1 saturated heterocycles. The van der Waals surface area contributed by atoms with Gasteiger partial charge in [-0.15, -0.1) is 24.8 Å². The molecule has 2 aromatic rings. The number of benzene rings is 1. The fourth-order valence-corrected chi connectivity index (χ4v) is 3.89. The molecule has 0 spiro atoms. The van der Waals surface area contributed by atoms with Crippen molar-refractivity contribution in [3.8, 4) is 11.5 Å². The number of hydrogen-bond acceptors (Lipinski definition) is 5. The van der Waals surface area contributed by atoms with Gasteiger partial charge in [-0.2, -0.15) is 0 Å². The number of nitrogens with one attached hydrogen (secondary N) is 2. The van der Waals surface area contributed by atoms with Crippen LogP contribution in [0.15, 0.2) is 36.7 Å². The highest BCUT2D eigenvalue weighted by Crippen LogP contribution is 2.39. The van der Waals surface area contributed by atoms with E-state index in [0.29, 0.717) is 30.4 Å². The van der Waals surface area contributed by atoms with Crippen molar-refractivity contribution in [1.82, 2.24) is 15.2 Å². The number of urea groups is 1. The molecule has 0 unspecified atom stereocenters. The van der Waals surface area contributed by atoms with Gasteiger partial charge in [0.2, 0.25) is 0 Å². The van der Waals surface area contributed by atoms with Gasteiger partial charge >= 0.3 is 6.03 Å². The molecule has 1 aliphatic heterocycles. The number of piperidine rings is 1. The van der Waals surface area contributed by atoms with Crippen molar-refractivity contribution >= 4 is 36.5 Å². The molecular formula is C24H36Cl2N4O3. The van der Waals surface area contributed by atoms with Crippen molar-refractivity contribution in [3.05, 3.63) is 47.8 Å². The predicted octanol–water partition coefficient (Wildman–Crippen LogP) is 4.97. The summed E-state index contributed by atoms with van der Waals surface area (Å²) in [4.78, 5) is 19.3. The average molecular weight is 499 g/mol. The van der Waals surface area contributed by atoms with Gasteiger partial charge < -0.3 is 25.4 Å². The molecule has 0 aliphatic carbocycles. The molecule has 1 aromatic carbocycles. The fraction of sp³-hybridized carbons (Fsp3) is 0.500. The van der Waals surface area contributed by atoms with E-state index in [9.17, 15) is 9.90 Å². The Hall–Kier alpha value is -2.22. The lowest BCUT2D eigenvalue weighted by Gasteiger charge is -2.31. The first-order valence-corrected chi connectivity index (χ1v) is 10.8. The van der Waals surface area contributed by atoms with Crippen molar-refractivity contribution in [2.75, 3.05) is 32.1 Å². The molecule has 1 fully saturated rings. The van der Waals surface area contributed by atoms with Crippen LogP contribution in [0.5, 0.6) is 11.5 Å². The molecule has 0 bridgehead atoms. The quantitative estimate of drug-likeness (QED) is 0.489. The smallest absolute Gasteiger partial charge is 0.322 e. The Morgan fingerprint density at radius 2 is 1.97 bits per heavy atom. The second-order valence-electron chi connectivity index (χ2n) is 9.19. The number of carbonyl (C=O) groups excluding carboxylic acids is 1. The maximum absolute atomic E-state index is 13.3. The molecule has 2 amide bonds. The Kier molecular flexibility index (Phi) is 11.2. The molecule has 9 heteroatoms. The largest absolute Gasteiger partial charge is 0.505 e. The highest BCUT2D eigenvalue weighted by atomic mass is 35.5. The van der Waals surface area contributed by atoms with Crippen molar-refractivity contribution in [2.24, 2.45) is 5.92 Å². The summed E-state index contributed by atoms with van der Waals surface area (Å²) in [6.45, 7) is 9.09.